The Morgan fingerprint density at radius 1 is 1.19 bits per heavy atom. The zero-order chi connectivity index (χ0) is 19.4. The lowest BCUT2D eigenvalue weighted by atomic mass is 9.82. The first-order chi connectivity index (χ1) is 13.1. The molecule has 1 atom stereocenters. The quantitative estimate of drug-likeness (QED) is 0.839. The summed E-state index contributed by atoms with van der Waals surface area (Å²) in [7, 11) is 0. The van der Waals surface area contributed by atoms with Crippen molar-refractivity contribution >= 4 is 11.7 Å². The Kier molecular flexibility index (Phi) is 5.28. The number of hydrogen-bond donors (Lipinski definition) is 1. The van der Waals surface area contributed by atoms with Gasteiger partial charge in [0, 0.05) is 5.56 Å². The third-order valence-corrected chi connectivity index (χ3v) is 4.36. The molecule has 0 spiro atoms. The van der Waals surface area contributed by atoms with Crippen LogP contribution < -0.4 is 5.73 Å². The number of nitrogens with zero attached hydrogens (tertiary/aromatic N) is 1. The summed E-state index contributed by atoms with van der Waals surface area (Å²) >= 11 is 0. The second kappa shape index (κ2) is 7.79. The first-order valence-electron chi connectivity index (χ1n) is 8.67. The standard InChI is InChI=1S/C22H20N2O3/c1-3-26-22(25)19-18(15-11-9-14(2)10-12-15)17(13-23)21(24)27-20(19)16-7-5-4-6-8-16/h4-12,18H,3,24H2,1-2H3/t18-/m1/s1. The van der Waals surface area contributed by atoms with Crippen molar-refractivity contribution in [2.45, 2.75) is 19.8 Å². The molecule has 0 fully saturated rings. The molecular weight excluding hydrogens is 340 g/mol. The molecule has 1 aliphatic heterocycles. The minimum atomic E-state index is -0.654. The van der Waals surface area contributed by atoms with Gasteiger partial charge in [0.1, 0.15) is 17.4 Å². The molecule has 5 nitrogen and oxygen atoms in total. The lowest BCUT2D eigenvalue weighted by Crippen LogP contribution is -2.25. The molecule has 0 unspecified atom stereocenters. The van der Waals surface area contributed by atoms with E-state index in [1.54, 1.807) is 6.92 Å². The van der Waals surface area contributed by atoms with Gasteiger partial charge in [-0.1, -0.05) is 60.2 Å². The van der Waals surface area contributed by atoms with Crippen molar-refractivity contribution < 1.29 is 14.3 Å². The number of rotatable bonds is 4. The topological polar surface area (TPSA) is 85.3 Å². The summed E-state index contributed by atoms with van der Waals surface area (Å²) in [5, 5.41) is 9.69. The Morgan fingerprint density at radius 3 is 2.44 bits per heavy atom. The summed E-state index contributed by atoms with van der Waals surface area (Å²) in [6.07, 6.45) is 0. The van der Waals surface area contributed by atoms with Crippen molar-refractivity contribution in [3.05, 3.63) is 88.3 Å². The van der Waals surface area contributed by atoms with E-state index in [2.05, 4.69) is 6.07 Å². The van der Waals surface area contributed by atoms with E-state index in [4.69, 9.17) is 15.2 Å². The molecule has 0 saturated heterocycles. The van der Waals surface area contributed by atoms with Crippen molar-refractivity contribution in [2.75, 3.05) is 6.61 Å². The number of carbonyl (C=O) groups excluding carboxylic acids is 1. The molecule has 0 amide bonds. The van der Waals surface area contributed by atoms with E-state index >= 15 is 0 Å². The van der Waals surface area contributed by atoms with Gasteiger partial charge in [0.05, 0.1) is 18.1 Å². The highest BCUT2D eigenvalue weighted by atomic mass is 16.5. The monoisotopic (exact) mass is 360 g/mol. The van der Waals surface area contributed by atoms with Crippen LogP contribution >= 0.6 is 0 Å². The maximum absolute atomic E-state index is 12.9. The van der Waals surface area contributed by atoms with Crippen LogP contribution in [-0.4, -0.2) is 12.6 Å². The van der Waals surface area contributed by atoms with Gasteiger partial charge in [-0.15, -0.1) is 0 Å². The summed E-state index contributed by atoms with van der Waals surface area (Å²) in [4.78, 5) is 12.9. The lowest BCUT2D eigenvalue weighted by Gasteiger charge is -2.28. The van der Waals surface area contributed by atoms with Gasteiger partial charge in [0.15, 0.2) is 0 Å². The van der Waals surface area contributed by atoms with Gasteiger partial charge in [-0.3, -0.25) is 0 Å². The minimum Gasteiger partial charge on any atom is -0.463 e. The van der Waals surface area contributed by atoms with Gasteiger partial charge in [0.2, 0.25) is 5.88 Å². The van der Waals surface area contributed by atoms with Crippen LogP contribution in [0, 0.1) is 18.3 Å². The van der Waals surface area contributed by atoms with Crippen LogP contribution in [0.5, 0.6) is 0 Å². The van der Waals surface area contributed by atoms with Gasteiger partial charge in [-0.05, 0) is 19.4 Å². The van der Waals surface area contributed by atoms with Gasteiger partial charge >= 0.3 is 5.97 Å². The molecule has 1 heterocycles. The Balaban J connectivity index is 2.26. The molecular formula is C22H20N2O3. The Labute approximate surface area is 158 Å². The number of hydrogen-bond acceptors (Lipinski definition) is 5. The van der Waals surface area contributed by atoms with Crippen LogP contribution in [0.3, 0.4) is 0 Å². The van der Waals surface area contributed by atoms with Crippen LogP contribution in [0.4, 0.5) is 0 Å². The van der Waals surface area contributed by atoms with Crippen LogP contribution in [0.25, 0.3) is 5.76 Å². The average molecular weight is 360 g/mol. The molecule has 3 rings (SSSR count). The van der Waals surface area contributed by atoms with Gasteiger partial charge in [0.25, 0.3) is 0 Å². The molecule has 2 aromatic rings. The van der Waals surface area contributed by atoms with Gasteiger partial charge in [-0.2, -0.15) is 5.26 Å². The average Bonchev–Trinajstić information content (AvgIpc) is 2.68. The Morgan fingerprint density at radius 2 is 1.85 bits per heavy atom. The summed E-state index contributed by atoms with van der Waals surface area (Å²) in [5.41, 5.74) is 9.08. The minimum absolute atomic E-state index is 0.00465. The van der Waals surface area contributed by atoms with E-state index in [1.807, 2.05) is 61.5 Å². The molecule has 2 aromatic carbocycles. The summed E-state index contributed by atoms with van der Waals surface area (Å²) in [6, 6.07) is 18.9. The largest absolute Gasteiger partial charge is 0.463 e. The molecule has 2 N–H and O–H groups in total. The molecule has 1 aliphatic rings. The zero-order valence-electron chi connectivity index (χ0n) is 15.2. The number of allylic oxidation sites excluding steroid dienone is 1. The molecule has 0 aliphatic carbocycles. The number of nitrogens with two attached hydrogens (primary N) is 1. The highest BCUT2D eigenvalue weighted by molar-refractivity contribution is 5.99. The number of aryl methyl sites for hydroxylation is 1. The summed E-state index contributed by atoms with van der Waals surface area (Å²) in [6.45, 7) is 3.92. The maximum Gasteiger partial charge on any atom is 0.338 e. The normalized spacial score (nSPS) is 16.6. The molecule has 0 bridgehead atoms. The third kappa shape index (κ3) is 3.56. The Hall–Kier alpha value is -3.52. The summed E-state index contributed by atoms with van der Waals surface area (Å²) < 4.78 is 11.0. The van der Waals surface area contributed by atoms with Crippen molar-refractivity contribution in [1.82, 2.24) is 0 Å². The number of esters is 1. The molecule has 5 heteroatoms. The van der Waals surface area contributed by atoms with Crippen LogP contribution in [-0.2, 0) is 14.3 Å². The molecule has 27 heavy (non-hydrogen) atoms. The third-order valence-electron chi connectivity index (χ3n) is 4.36. The van der Waals surface area contributed by atoms with E-state index in [0.717, 1.165) is 11.1 Å². The van der Waals surface area contributed by atoms with E-state index in [1.165, 1.54) is 0 Å². The fraction of sp³-hybridized carbons (Fsp3) is 0.182. The first-order valence-corrected chi connectivity index (χ1v) is 8.67. The zero-order valence-corrected chi connectivity index (χ0v) is 15.2. The van der Waals surface area contributed by atoms with Crippen molar-refractivity contribution in [3.63, 3.8) is 0 Å². The van der Waals surface area contributed by atoms with Gasteiger partial charge < -0.3 is 15.2 Å². The lowest BCUT2D eigenvalue weighted by molar-refractivity contribution is -0.138. The molecule has 0 saturated carbocycles. The highest BCUT2D eigenvalue weighted by Crippen LogP contribution is 2.42. The van der Waals surface area contributed by atoms with Crippen LogP contribution in [0.15, 0.2) is 71.6 Å². The Bertz CT molecular complexity index is 951. The van der Waals surface area contributed by atoms with Crippen LogP contribution in [0.2, 0.25) is 0 Å². The number of ether oxygens (including phenoxy) is 2. The second-order valence-electron chi connectivity index (χ2n) is 6.16. The van der Waals surface area contributed by atoms with Crippen molar-refractivity contribution in [3.8, 4) is 6.07 Å². The van der Waals surface area contributed by atoms with Crippen molar-refractivity contribution in [2.24, 2.45) is 5.73 Å². The van der Waals surface area contributed by atoms with Gasteiger partial charge in [-0.25, -0.2) is 4.79 Å². The number of nitriles is 1. The van der Waals surface area contributed by atoms with E-state index in [0.29, 0.717) is 11.3 Å². The van der Waals surface area contributed by atoms with E-state index in [-0.39, 0.29) is 23.6 Å². The highest BCUT2D eigenvalue weighted by Gasteiger charge is 2.38. The van der Waals surface area contributed by atoms with Crippen LogP contribution in [0.1, 0.15) is 29.5 Å². The summed E-state index contributed by atoms with van der Waals surface area (Å²) in [5.74, 6) is -0.869. The molecule has 0 radical (unpaired) electrons. The number of benzene rings is 2. The smallest absolute Gasteiger partial charge is 0.338 e. The number of carbonyl (C=O) groups is 1. The molecule has 136 valence electrons. The van der Waals surface area contributed by atoms with E-state index < -0.39 is 11.9 Å². The maximum atomic E-state index is 12.9. The molecule has 0 aromatic heterocycles. The first kappa shape index (κ1) is 18.3. The second-order valence-corrected chi connectivity index (χ2v) is 6.16. The fourth-order valence-corrected chi connectivity index (χ4v) is 3.07. The SMILES string of the molecule is CCOC(=O)C1=C(c2ccccc2)OC(N)=C(C#N)[C@H]1c1ccc(C)cc1. The predicted molar refractivity (Wildman–Crippen MR) is 102 cm³/mol. The van der Waals surface area contributed by atoms with E-state index in [9.17, 15) is 10.1 Å². The predicted octanol–water partition coefficient (Wildman–Crippen LogP) is 3.78. The van der Waals surface area contributed by atoms with Crippen molar-refractivity contribution in [1.29, 1.82) is 5.26 Å². The fourth-order valence-electron chi connectivity index (χ4n) is 3.07.